The van der Waals surface area contributed by atoms with Gasteiger partial charge < -0.3 is 4.74 Å². The predicted octanol–water partition coefficient (Wildman–Crippen LogP) is 4.85. The van der Waals surface area contributed by atoms with Gasteiger partial charge in [-0.3, -0.25) is 0 Å². The summed E-state index contributed by atoms with van der Waals surface area (Å²) in [6, 6.07) is 15.3. The van der Waals surface area contributed by atoms with Crippen molar-refractivity contribution in [2.24, 2.45) is 0 Å². The maximum Gasteiger partial charge on any atom is 0.127 e. The second kappa shape index (κ2) is 5.28. The van der Waals surface area contributed by atoms with Crippen LogP contribution in [0.1, 0.15) is 0 Å². The fraction of sp³-hybridized carbons (Fsp3) is 0.0769. The van der Waals surface area contributed by atoms with Crippen molar-refractivity contribution in [1.29, 1.82) is 0 Å². The maximum atomic E-state index is 5.80. The molecule has 0 unspecified atom stereocenters. The van der Waals surface area contributed by atoms with Crippen molar-refractivity contribution in [3.05, 3.63) is 53.6 Å². The minimum Gasteiger partial charge on any atom is -0.457 e. The Bertz CT molecular complexity index is 450. The Kier molecular flexibility index (Phi) is 3.75. The number of ether oxygens (including phenoxy) is 1. The molecule has 1 nitrogen and oxygen atoms in total. The van der Waals surface area contributed by atoms with Gasteiger partial charge >= 0.3 is 0 Å². The van der Waals surface area contributed by atoms with Crippen LogP contribution in [-0.2, 0) is 0 Å². The van der Waals surface area contributed by atoms with Gasteiger partial charge in [-0.25, -0.2) is 0 Å². The summed E-state index contributed by atoms with van der Waals surface area (Å²) >= 11 is 7.51. The standard InChI is InChI=1S/C13H11ClOS/c1-16-13-8-6-12(7-9-13)15-11-4-2-10(14)3-5-11/h2-9H,1H3. The summed E-state index contributed by atoms with van der Waals surface area (Å²) in [7, 11) is 0. The Morgan fingerprint density at radius 1 is 0.875 bits per heavy atom. The lowest BCUT2D eigenvalue weighted by atomic mass is 10.3. The summed E-state index contributed by atoms with van der Waals surface area (Å²) in [4.78, 5) is 1.23. The Morgan fingerprint density at radius 3 is 1.88 bits per heavy atom. The third kappa shape index (κ3) is 2.94. The first-order chi connectivity index (χ1) is 7.78. The van der Waals surface area contributed by atoms with Gasteiger partial charge in [-0.15, -0.1) is 11.8 Å². The van der Waals surface area contributed by atoms with Crippen LogP contribution in [0, 0.1) is 0 Å². The molecule has 0 atom stereocenters. The van der Waals surface area contributed by atoms with Crippen LogP contribution in [0.25, 0.3) is 0 Å². The number of thioether (sulfide) groups is 1. The Labute approximate surface area is 104 Å². The molecule has 82 valence electrons. The molecule has 0 heterocycles. The van der Waals surface area contributed by atoms with Crippen molar-refractivity contribution in [3.8, 4) is 11.5 Å². The van der Waals surface area contributed by atoms with Gasteiger partial charge in [-0.1, -0.05) is 11.6 Å². The normalized spacial score (nSPS) is 10.1. The van der Waals surface area contributed by atoms with Crippen LogP contribution in [0.2, 0.25) is 5.02 Å². The first kappa shape index (κ1) is 11.4. The molecule has 0 spiro atoms. The van der Waals surface area contributed by atoms with E-state index in [2.05, 4.69) is 6.26 Å². The summed E-state index contributed by atoms with van der Waals surface area (Å²) < 4.78 is 5.66. The van der Waals surface area contributed by atoms with Crippen molar-refractivity contribution >= 4 is 23.4 Å². The second-order valence-electron chi connectivity index (χ2n) is 3.23. The zero-order chi connectivity index (χ0) is 11.4. The van der Waals surface area contributed by atoms with Gasteiger partial charge in [0.05, 0.1) is 0 Å². The van der Waals surface area contributed by atoms with Crippen molar-refractivity contribution in [2.45, 2.75) is 4.90 Å². The molecule has 0 N–H and O–H groups in total. The second-order valence-corrected chi connectivity index (χ2v) is 4.55. The van der Waals surface area contributed by atoms with Gasteiger partial charge in [0.15, 0.2) is 0 Å². The van der Waals surface area contributed by atoms with Crippen LogP contribution in [0.5, 0.6) is 11.5 Å². The molecule has 0 aromatic heterocycles. The average molecular weight is 251 g/mol. The molecule has 2 aromatic rings. The van der Waals surface area contributed by atoms with Crippen molar-refractivity contribution in [3.63, 3.8) is 0 Å². The SMILES string of the molecule is CSc1ccc(Oc2ccc(Cl)cc2)cc1. The fourth-order valence-corrected chi connectivity index (χ4v) is 1.82. The molecule has 2 rings (SSSR count). The lowest BCUT2D eigenvalue weighted by molar-refractivity contribution is 0.482. The number of halogens is 1. The molecule has 0 saturated carbocycles. The van der Waals surface area contributed by atoms with E-state index in [1.54, 1.807) is 11.8 Å². The first-order valence-corrected chi connectivity index (χ1v) is 6.46. The zero-order valence-corrected chi connectivity index (χ0v) is 10.4. The third-order valence-electron chi connectivity index (χ3n) is 2.11. The molecular weight excluding hydrogens is 240 g/mol. The summed E-state index contributed by atoms with van der Waals surface area (Å²) in [5.41, 5.74) is 0. The zero-order valence-electron chi connectivity index (χ0n) is 8.81. The third-order valence-corrected chi connectivity index (χ3v) is 3.10. The molecule has 3 heteroatoms. The van der Waals surface area contributed by atoms with E-state index in [1.807, 2.05) is 48.5 Å². The summed E-state index contributed by atoms with van der Waals surface area (Å²) in [6.45, 7) is 0. The van der Waals surface area contributed by atoms with Gasteiger partial charge in [-0.2, -0.15) is 0 Å². The Morgan fingerprint density at radius 2 is 1.38 bits per heavy atom. The number of benzene rings is 2. The topological polar surface area (TPSA) is 9.23 Å². The molecule has 2 aromatic carbocycles. The van der Waals surface area contributed by atoms with Gasteiger partial charge in [0.25, 0.3) is 0 Å². The predicted molar refractivity (Wildman–Crippen MR) is 69.7 cm³/mol. The maximum absolute atomic E-state index is 5.80. The monoisotopic (exact) mass is 250 g/mol. The van der Waals surface area contributed by atoms with Crippen molar-refractivity contribution in [2.75, 3.05) is 6.26 Å². The molecule has 0 saturated heterocycles. The van der Waals surface area contributed by atoms with E-state index in [4.69, 9.17) is 16.3 Å². The summed E-state index contributed by atoms with van der Waals surface area (Å²) in [5.74, 6) is 1.63. The molecule has 0 aliphatic rings. The number of hydrogen-bond donors (Lipinski definition) is 0. The van der Waals surface area contributed by atoms with Crippen molar-refractivity contribution in [1.82, 2.24) is 0 Å². The van der Waals surface area contributed by atoms with E-state index in [0.717, 1.165) is 11.5 Å². The highest BCUT2D eigenvalue weighted by Gasteiger charge is 1.97. The molecule has 0 aliphatic carbocycles. The van der Waals surface area contributed by atoms with E-state index < -0.39 is 0 Å². The smallest absolute Gasteiger partial charge is 0.127 e. The van der Waals surface area contributed by atoms with Crippen LogP contribution in [0.3, 0.4) is 0 Å². The van der Waals surface area contributed by atoms with E-state index in [1.165, 1.54) is 4.90 Å². The van der Waals surface area contributed by atoms with Crippen LogP contribution in [-0.4, -0.2) is 6.26 Å². The molecular formula is C13H11ClOS. The molecule has 16 heavy (non-hydrogen) atoms. The van der Waals surface area contributed by atoms with E-state index >= 15 is 0 Å². The van der Waals surface area contributed by atoms with Gasteiger partial charge in [-0.05, 0) is 54.8 Å². The average Bonchev–Trinajstić information content (AvgIpc) is 2.33. The van der Waals surface area contributed by atoms with E-state index in [0.29, 0.717) is 5.02 Å². The summed E-state index contributed by atoms with van der Waals surface area (Å²) in [6.07, 6.45) is 2.05. The van der Waals surface area contributed by atoms with E-state index in [-0.39, 0.29) is 0 Å². The van der Waals surface area contributed by atoms with Crippen molar-refractivity contribution < 1.29 is 4.74 Å². The molecule has 0 aliphatic heterocycles. The minimum absolute atomic E-state index is 0.713. The minimum atomic E-state index is 0.713. The molecule has 0 fully saturated rings. The lowest BCUT2D eigenvalue weighted by Crippen LogP contribution is -1.83. The van der Waals surface area contributed by atoms with Crippen LogP contribution in [0.4, 0.5) is 0 Å². The highest BCUT2D eigenvalue weighted by molar-refractivity contribution is 7.98. The largest absolute Gasteiger partial charge is 0.457 e. The van der Waals surface area contributed by atoms with Crippen LogP contribution >= 0.6 is 23.4 Å². The van der Waals surface area contributed by atoms with Gasteiger partial charge in [0.1, 0.15) is 11.5 Å². The molecule has 0 bridgehead atoms. The van der Waals surface area contributed by atoms with Gasteiger partial charge in [0.2, 0.25) is 0 Å². The van der Waals surface area contributed by atoms with Gasteiger partial charge in [0, 0.05) is 9.92 Å². The van der Waals surface area contributed by atoms with Crippen LogP contribution in [0.15, 0.2) is 53.4 Å². The first-order valence-electron chi connectivity index (χ1n) is 4.85. The van der Waals surface area contributed by atoms with Crippen LogP contribution < -0.4 is 4.74 Å². The number of hydrogen-bond acceptors (Lipinski definition) is 2. The molecule has 0 amide bonds. The quantitative estimate of drug-likeness (QED) is 0.720. The van der Waals surface area contributed by atoms with E-state index in [9.17, 15) is 0 Å². The Hall–Kier alpha value is -1.12. The highest BCUT2D eigenvalue weighted by Crippen LogP contribution is 2.25. The Balaban J connectivity index is 2.11. The highest BCUT2D eigenvalue weighted by atomic mass is 35.5. The summed E-state index contributed by atoms with van der Waals surface area (Å²) in [5, 5.41) is 0.713. The molecule has 0 radical (unpaired) electrons. The lowest BCUT2D eigenvalue weighted by Gasteiger charge is -2.05. The number of rotatable bonds is 3. The fourth-order valence-electron chi connectivity index (χ4n) is 1.28.